The van der Waals surface area contributed by atoms with Crippen molar-refractivity contribution in [3.8, 4) is 16.9 Å². The van der Waals surface area contributed by atoms with Crippen molar-refractivity contribution in [3.05, 3.63) is 72.8 Å². The van der Waals surface area contributed by atoms with Gasteiger partial charge in [0.05, 0.1) is 12.9 Å². The Hall–Kier alpha value is -3.08. The van der Waals surface area contributed by atoms with Gasteiger partial charge in [0.15, 0.2) is 0 Å². The van der Waals surface area contributed by atoms with Crippen LogP contribution in [0.3, 0.4) is 0 Å². The van der Waals surface area contributed by atoms with Crippen LogP contribution < -0.4 is 4.74 Å². The van der Waals surface area contributed by atoms with Crippen LogP contribution in [0.2, 0.25) is 0 Å². The molecular weight excluding hydrogens is 338 g/mol. The summed E-state index contributed by atoms with van der Waals surface area (Å²) in [4.78, 5) is 18.7. The molecule has 0 spiro atoms. The monoisotopic (exact) mass is 361 g/mol. The second-order valence-electron chi connectivity index (χ2n) is 6.73. The average molecular weight is 361 g/mol. The van der Waals surface area contributed by atoms with E-state index in [0.717, 1.165) is 54.9 Å². The zero-order valence-electron chi connectivity index (χ0n) is 15.3. The van der Waals surface area contributed by atoms with Crippen molar-refractivity contribution >= 4 is 5.91 Å². The number of benzene rings is 2. The Morgan fingerprint density at radius 1 is 1.07 bits per heavy atom. The molecular formula is C22H23N3O2. The van der Waals surface area contributed by atoms with E-state index in [2.05, 4.69) is 4.98 Å². The van der Waals surface area contributed by atoms with Crippen LogP contribution in [-0.2, 0) is 6.54 Å². The van der Waals surface area contributed by atoms with Gasteiger partial charge in [0.2, 0.25) is 0 Å². The fourth-order valence-corrected chi connectivity index (χ4v) is 3.43. The van der Waals surface area contributed by atoms with E-state index in [1.54, 1.807) is 12.5 Å². The van der Waals surface area contributed by atoms with Crippen LogP contribution in [0.25, 0.3) is 11.1 Å². The molecule has 1 aromatic heterocycles. The second-order valence-corrected chi connectivity index (χ2v) is 6.73. The molecule has 1 aliphatic rings. The van der Waals surface area contributed by atoms with E-state index in [1.165, 1.54) is 0 Å². The smallest absolute Gasteiger partial charge is 0.253 e. The number of rotatable bonds is 6. The molecule has 0 unspecified atom stereocenters. The number of nitrogens with zero attached hydrogens (tertiary/aromatic N) is 3. The fourth-order valence-electron chi connectivity index (χ4n) is 3.43. The van der Waals surface area contributed by atoms with Crippen LogP contribution >= 0.6 is 0 Å². The average Bonchev–Trinajstić information content (AvgIpc) is 3.42. The molecule has 0 radical (unpaired) electrons. The lowest BCUT2D eigenvalue weighted by atomic mass is 10.0. The van der Waals surface area contributed by atoms with Gasteiger partial charge in [-0.25, -0.2) is 4.98 Å². The lowest BCUT2D eigenvalue weighted by Gasteiger charge is -2.16. The molecule has 0 aliphatic carbocycles. The molecule has 5 nitrogen and oxygen atoms in total. The van der Waals surface area contributed by atoms with E-state index >= 15 is 0 Å². The van der Waals surface area contributed by atoms with Crippen molar-refractivity contribution in [2.75, 3.05) is 19.7 Å². The third-order valence-electron chi connectivity index (χ3n) is 4.87. The highest BCUT2D eigenvalue weighted by atomic mass is 16.5. The molecule has 1 fully saturated rings. The minimum atomic E-state index is 0.118. The van der Waals surface area contributed by atoms with E-state index in [-0.39, 0.29) is 5.91 Å². The highest BCUT2D eigenvalue weighted by molar-refractivity contribution is 5.95. The molecule has 3 aromatic rings. The summed E-state index contributed by atoms with van der Waals surface area (Å²) in [6.07, 6.45) is 7.65. The van der Waals surface area contributed by atoms with Crippen molar-refractivity contribution < 1.29 is 9.53 Å². The van der Waals surface area contributed by atoms with Gasteiger partial charge in [-0.15, -0.1) is 0 Å². The third-order valence-corrected chi connectivity index (χ3v) is 4.87. The van der Waals surface area contributed by atoms with Crippen molar-refractivity contribution in [1.29, 1.82) is 0 Å². The maximum atomic E-state index is 12.7. The fraction of sp³-hybridized carbons (Fsp3) is 0.273. The molecule has 0 atom stereocenters. The van der Waals surface area contributed by atoms with E-state index in [1.807, 2.05) is 64.2 Å². The maximum absolute atomic E-state index is 12.7. The minimum Gasteiger partial charge on any atom is -0.491 e. The van der Waals surface area contributed by atoms with E-state index in [0.29, 0.717) is 6.61 Å². The van der Waals surface area contributed by atoms with Gasteiger partial charge >= 0.3 is 0 Å². The number of carbonyl (C=O) groups excluding carboxylic acids is 1. The Balaban J connectivity index is 1.52. The normalized spacial score (nSPS) is 13.7. The van der Waals surface area contributed by atoms with Crippen molar-refractivity contribution in [2.24, 2.45) is 0 Å². The molecule has 138 valence electrons. The number of likely N-dealkylation sites (tertiary alicyclic amines) is 1. The highest BCUT2D eigenvalue weighted by Crippen LogP contribution is 2.30. The van der Waals surface area contributed by atoms with E-state index in [9.17, 15) is 4.79 Å². The third kappa shape index (κ3) is 4.03. The van der Waals surface area contributed by atoms with Gasteiger partial charge in [-0.2, -0.15) is 0 Å². The summed E-state index contributed by atoms with van der Waals surface area (Å²) in [5.74, 6) is 0.941. The summed E-state index contributed by atoms with van der Waals surface area (Å²) >= 11 is 0. The number of aromatic nitrogens is 2. The second kappa shape index (κ2) is 8.08. The first-order valence-corrected chi connectivity index (χ1v) is 9.38. The van der Waals surface area contributed by atoms with Gasteiger partial charge in [0, 0.05) is 36.6 Å². The number of hydrogen-bond donors (Lipinski definition) is 0. The lowest BCUT2D eigenvalue weighted by molar-refractivity contribution is 0.0793. The Bertz CT molecular complexity index is 899. The molecule has 1 aliphatic heterocycles. The molecule has 2 heterocycles. The van der Waals surface area contributed by atoms with Crippen molar-refractivity contribution in [3.63, 3.8) is 0 Å². The maximum Gasteiger partial charge on any atom is 0.253 e. The molecule has 0 N–H and O–H groups in total. The van der Waals surface area contributed by atoms with Gasteiger partial charge < -0.3 is 14.2 Å². The summed E-state index contributed by atoms with van der Waals surface area (Å²) in [7, 11) is 0. The van der Waals surface area contributed by atoms with Crippen LogP contribution in [0.5, 0.6) is 5.75 Å². The highest BCUT2D eigenvalue weighted by Gasteiger charge is 2.20. The van der Waals surface area contributed by atoms with Crippen molar-refractivity contribution in [1.82, 2.24) is 14.5 Å². The lowest BCUT2D eigenvalue weighted by Crippen LogP contribution is -2.27. The van der Waals surface area contributed by atoms with Crippen LogP contribution in [0.15, 0.2) is 67.3 Å². The number of para-hydroxylation sites is 1. The predicted octanol–water partition coefficient (Wildman–Crippen LogP) is 3.87. The first-order chi connectivity index (χ1) is 13.3. The Kier molecular flexibility index (Phi) is 5.19. The molecule has 27 heavy (non-hydrogen) atoms. The molecule has 0 saturated carbocycles. The van der Waals surface area contributed by atoms with Crippen LogP contribution in [0, 0.1) is 0 Å². The van der Waals surface area contributed by atoms with Gasteiger partial charge in [0.1, 0.15) is 12.4 Å². The first kappa shape index (κ1) is 17.3. The largest absolute Gasteiger partial charge is 0.491 e. The standard InChI is InChI=1S/C22H23N3O2/c26-22(25-11-3-4-12-25)19-7-5-6-18(16-19)20-8-1-2-9-21(20)27-15-14-24-13-10-23-17-24/h1-2,5-10,13,16-17H,3-4,11-12,14-15H2. The zero-order valence-corrected chi connectivity index (χ0v) is 15.3. The summed E-state index contributed by atoms with van der Waals surface area (Å²) in [5.41, 5.74) is 2.74. The van der Waals surface area contributed by atoms with Crippen LogP contribution in [0.1, 0.15) is 23.2 Å². The summed E-state index contributed by atoms with van der Waals surface area (Å²) < 4.78 is 8.01. The predicted molar refractivity (Wildman–Crippen MR) is 105 cm³/mol. The van der Waals surface area contributed by atoms with Crippen molar-refractivity contribution in [2.45, 2.75) is 19.4 Å². The van der Waals surface area contributed by atoms with Gasteiger partial charge in [-0.05, 0) is 36.6 Å². The number of amides is 1. The number of hydrogen-bond acceptors (Lipinski definition) is 3. The molecule has 0 bridgehead atoms. The molecule has 2 aromatic carbocycles. The topological polar surface area (TPSA) is 47.4 Å². The Morgan fingerprint density at radius 2 is 1.93 bits per heavy atom. The summed E-state index contributed by atoms with van der Waals surface area (Å²) in [5, 5.41) is 0. The zero-order chi connectivity index (χ0) is 18.5. The van der Waals surface area contributed by atoms with Gasteiger partial charge in [-0.1, -0.05) is 30.3 Å². The SMILES string of the molecule is O=C(c1cccc(-c2ccccc2OCCn2ccnc2)c1)N1CCCC1. The molecule has 4 rings (SSSR count). The van der Waals surface area contributed by atoms with Crippen LogP contribution in [-0.4, -0.2) is 40.1 Å². The van der Waals surface area contributed by atoms with Crippen LogP contribution in [0.4, 0.5) is 0 Å². The number of ether oxygens (including phenoxy) is 1. The molecule has 5 heteroatoms. The van der Waals surface area contributed by atoms with E-state index < -0.39 is 0 Å². The van der Waals surface area contributed by atoms with E-state index in [4.69, 9.17) is 4.74 Å². The van der Waals surface area contributed by atoms with Gasteiger partial charge in [-0.3, -0.25) is 4.79 Å². The number of carbonyl (C=O) groups is 1. The number of imidazole rings is 1. The first-order valence-electron chi connectivity index (χ1n) is 9.38. The summed E-state index contributed by atoms with van der Waals surface area (Å²) in [6, 6.07) is 15.8. The Labute approximate surface area is 159 Å². The quantitative estimate of drug-likeness (QED) is 0.670. The minimum absolute atomic E-state index is 0.118. The molecule has 1 saturated heterocycles. The van der Waals surface area contributed by atoms with Gasteiger partial charge in [0.25, 0.3) is 5.91 Å². The molecule has 1 amide bonds. The summed E-state index contributed by atoms with van der Waals surface area (Å²) in [6.45, 7) is 3.01. The Morgan fingerprint density at radius 3 is 2.74 bits per heavy atom.